The molecule has 1 aliphatic heterocycles. The van der Waals surface area contributed by atoms with Gasteiger partial charge in [-0.15, -0.1) is 0 Å². The second-order valence-corrected chi connectivity index (χ2v) is 2.90. The molecule has 2 atom stereocenters. The van der Waals surface area contributed by atoms with E-state index in [9.17, 15) is 0 Å². The van der Waals surface area contributed by atoms with Gasteiger partial charge >= 0.3 is 0 Å². The van der Waals surface area contributed by atoms with E-state index in [2.05, 4.69) is 10.2 Å². The predicted octanol–water partition coefficient (Wildman–Crippen LogP) is -0.382. The molecule has 1 heterocycles. The van der Waals surface area contributed by atoms with E-state index < -0.39 is 0 Å². The number of hydrogen-bond acceptors (Lipinski definition) is 3. The largest absolute Gasteiger partial charge is 0.379 e. The van der Waals surface area contributed by atoms with Crippen molar-refractivity contribution in [3.63, 3.8) is 0 Å². The Labute approximate surface area is 62.0 Å². The molecule has 1 aliphatic rings. The topological polar surface area (TPSA) is 35.5 Å². The highest BCUT2D eigenvalue weighted by atomic mass is 16.3. The van der Waals surface area contributed by atoms with Gasteiger partial charge in [-0.2, -0.15) is 0 Å². The van der Waals surface area contributed by atoms with Gasteiger partial charge in [-0.25, -0.2) is 0 Å². The van der Waals surface area contributed by atoms with Gasteiger partial charge in [0.1, 0.15) is 6.23 Å². The summed E-state index contributed by atoms with van der Waals surface area (Å²) in [6.07, 6.45) is 0.875. The third kappa shape index (κ3) is 1.68. The molecule has 0 aromatic heterocycles. The highest BCUT2D eigenvalue weighted by Gasteiger charge is 2.23. The number of nitrogens with zero attached hydrogens (tertiary/aromatic N) is 1. The molecule has 60 valence electrons. The van der Waals surface area contributed by atoms with E-state index in [4.69, 9.17) is 5.11 Å². The Morgan fingerprint density at radius 2 is 2.40 bits per heavy atom. The van der Waals surface area contributed by atoms with E-state index in [-0.39, 0.29) is 6.23 Å². The molecule has 0 saturated carbocycles. The van der Waals surface area contributed by atoms with Gasteiger partial charge in [-0.05, 0) is 20.4 Å². The van der Waals surface area contributed by atoms with Gasteiger partial charge in [0.25, 0.3) is 0 Å². The second kappa shape index (κ2) is 3.32. The molecule has 0 aromatic carbocycles. The molecule has 0 radical (unpaired) electrons. The summed E-state index contributed by atoms with van der Waals surface area (Å²) in [7, 11) is 1.97. The van der Waals surface area contributed by atoms with Crippen LogP contribution in [0, 0.1) is 0 Å². The second-order valence-electron chi connectivity index (χ2n) is 2.90. The van der Waals surface area contributed by atoms with Crippen LogP contribution in [0.25, 0.3) is 0 Å². The summed E-state index contributed by atoms with van der Waals surface area (Å²) < 4.78 is 0. The predicted molar refractivity (Wildman–Crippen MR) is 40.7 cm³/mol. The first-order valence-corrected chi connectivity index (χ1v) is 3.83. The lowest BCUT2D eigenvalue weighted by Crippen LogP contribution is -2.34. The first-order valence-electron chi connectivity index (χ1n) is 3.83. The number of aliphatic hydroxyl groups is 1. The molecule has 1 saturated heterocycles. The quantitative estimate of drug-likeness (QED) is 0.554. The minimum atomic E-state index is -0.279. The highest BCUT2D eigenvalue weighted by molar-refractivity contribution is 4.79. The van der Waals surface area contributed by atoms with Crippen molar-refractivity contribution in [3.05, 3.63) is 0 Å². The number of rotatable bonds is 2. The first-order chi connectivity index (χ1) is 4.74. The van der Waals surface area contributed by atoms with E-state index in [1.807, 2.05) is 14.0 Å². The average molecular weight is 144 g/mol. The van der Waals surface area contributed by atoms with Crippen LogP contribution in [0.3, 0.4) is 0 Å². The molecule has 0 spiro atoms. The van der Waals surface area contributed by atoms with Crippen LogP contribution < -0.4 is 5.32 Å². The Kier molecular flexibility index (Phi) is 2.65. The summed E-state index contributed by atoms with van der Waals surface area (Å²) in [5.74, 6) is 0. The molecule has 3 nitrogen and oxygen atoms in total. The molecule has 0 aliphatic carbocycles. The molecule has 0 aromatic rings. The van der Waals surface area contributed by atoms with Crippen molar-refractivity contribution in [1.29, 1.82) is 0 Å². The van der Waals surface area contributed by atoms with Crippen molar-refractivity contribution < 1.29 is 5.11 Å². The minimum Gasteiger partial charge on any atom is -0.379 e. The third-order valence-electron chi connectivity index (χ3n) is 2.16. The Bertz CT molecular complexity index is 106. The molecule has 3 heteroatoms. The smallest absolute Gasteiger partial charge is 0.104 e. The monoisotopic (exact) mass is 144 g/mol. The standard InChI is InChI=1S/C7H16N2O/c1-6(10)9-4-3-7(5-9)8-2/h6-8,10H,3-5H2,1-2H3/t6?,7-/m0/s1. The number of nitrogens with one attached hydrogen (secondary N) is 1. The lowest BCUT2D eigenvalue weighted by molar-refractivity contribution is 0.0354. The van der Waals surface area contributed by atoms with E-state index in [0.29, 0.717) is 6.04 Å². The zero-order valence-corrected chi connectivity index (χ0v) is 6.67. The zero-order valence-electron chi connectivity index (χ0n) is 6.67. The molecule has 0 amide bonds. The van der Waals surface area contributed by atoms with Gasteiger partial charge in [0.2, 0.25) is 0 Å². The number of aliphatic hydroxyl groups excluding tert-OH is 1. The van der Waals surface area contributed by atoms with Gasteiger partial charge in [-0.1, -0.05) is 0 Å². The highest BCUT2D eigenvalue weighted by Crippen LogP contribution is 2.10. The summed E-state index contributed by atoms with van der Waals surface area (Å²) >= 11 is 0. The maximum Gasteiger partial charge on any atom is 0.104 e. The Hall–Kier alpha value is -0.120. The summed E-state index contributed by atoms with van der Waals surface area (Å²) in [5, 5.41) is 12.4. The SMILES string of the molecule is CN[C@H]1CCN(C(C)O)C1. The van der Waals surface area contributed by atoms with Crippen LogP contribution in [0.15, 0.2) is 0 Å². The minimum absolute atomic E-state index is 0.279. The molecule has 2 N–H and O–H groups in total. The van der Waals surface area contributed by atoms with Gasteiger partial charge in [0.15, 0.2) is 0 Å². The maximum absolute atomic E-state index is 9.16. The Balaban J connectivity index is 2.28. The number of hydrogen-bond donors (Lipinski definition) is 2. The van der Waals surface area contributed by atoms with Gasteiger partial charge in [0.05, 0.1) is 0 Å². The number of likely N-dealkylation sites (tertiary alicyclic amines) is 1. The van der Waals surface area contributed by atoms with Crippen molar-refractivity contribution in [2.24, 2.45) is 0 Å². The van der Waals surface area contributed by atoms with Gasteiger partial charge in [0, 0.05) is 19.1 Å². The lowest BCUT2D eigenvalue weighted by Gasteiger charge is -2.18. The van der Waals surface area contributed by atoms with Crippen molar-refractivity contribution >= 4 is 0 Å². The van der Waals surface area contributed by atoms with Crippen LogP contribution in [0.4, 0.5) is 0 Å². The summed E-state index contributed by atoms with van der Waals surface area (Å²) in [6, 6.07) is 0.578. The first kappa shape index (κ1) is 7.98. The molecule has 1 fully saturated rings. The van der Waals surface area contributed by atoms with E-state index in [1.54, 1.807) is 0 Å². The molecule has 0 bridgehead atoms. The summed E-state index contributed by atoms with van der Waals surface area (Å²) in [4.78, 5) is 2.07. The van der Waals surface area contributed by atoms with Crippen LogP contribution in [-0.2, 0) is 0 Å². The molecule has 1 rings (SSSR count). The van der Waals surface area contributed by atoms with Crippen LogP contribution in [0.5, 0.6) is 0 Å². The Morgan fingerprint density at radius 1 is 1.70 bits per heavy atom. The summed E-state index contributed by atoms with van der Waals surface area (Å²) in [6.45, 7) is 3.81. The molecule has 1 unspecified atom stereocenters. The van der Waals surface area contributed by atoms with Crippen LogP contribution in [0.1, 0.15) is 13.3 Å². The van der Waals surface area contributed by atoms with E-state index in [0.717, 1.165) is 19.5 Å². The van der Waals surface area contributed by atoms with E-state index >= 15 is 0 Å². The normalized spacial score (nSPS) is 30.9. The fourth-order valence-electron chi connectivity index (χ4n) is 1.36. The van der Waals surface area contributed by atoms with Crippen molar-refractivity contribution in [2.75, 3.05) is 20.1 Å². The van der Waals surface area contributed by atoms with Crippen LogP contribution in [0.2, 0.25) is 0 Å². The van der Waals surface area contributed by atoms with E-state index in [1.165, 1.54) is 0 Å². The maximum atomic E-state index is 9.16. The molecule has 10 heavy (non-hydrogen) atoms. The molecular weight excluding hydrogens is 128 g/mol. The van der Waals surface area contributed by atoms with Crippen molar-refractivity contribution in [3.8, 4) is 0 Å². The average Bonchev–Trinajstić information content (AvgIpc) is 2.34. The fraction of sp³-hybridized carbons (Fsp3) is 1.00. The van der Waals surface area contributed by atoms with Crippen LogP contribution in [-0.4, -0.2) is 42.4 Å². The number of likely N-dealkylation sites (N-methyl/N-ethyl adjacent to an activating group) is 1. The Morgan fingerprint density at radius 3 is 2.70 bits per heavy atom. The van der Waals surface area contributed by atoms with Gasteiger partial charge in [-0.3, -0.25) is 4.90 Å². The van der Waals surface area contributed by atoms with Crippen molar-refractivity contribution in [1.82, 2.24) is 10.2 Å². The third-order valence-corrected chi connectivity index (χ3v) is 2.16. The lowest BCUT2D eigenvalue weighted by atomic mass is 10.3. The van der Waals surface area contributed by atoms with Crippen molar-refractivity contribution in [2.45, 2.75) is 25.6 Å². The molecular formula is C7H16N2O. The van der Waals surface area contributed by atoms with Crippen LogP contribution >= 0.6 is 0 Å². The fourth-order valence-corrected chi connectivity index (χ4v) is 1.36. The van der Waals surface area contributed by atoms with Gasteiger partial charge < -0.3 is 10.4 Å². The summed E-state index contributed by atoms with van der Waals surface area (Å²) in [5.41, 5.74) is 0. The zero-order chi connectivity index (χ0) is 7.56.